The molecule has 7 heteroatoms. The quantitative estimate of drug-likeness (QED) is 0.494. The van der Waals surface area contributed by atoms with Crippen LogP contribution in [0.3, 0.4) is 0 Å². The standard InChI is InChI=1S/C19H17N5OS/c1-13-17(14(2)25-23-13)12-26-19-22-21-18(15-8-10-20-11-9-15)24(19)16-6-4-3-5-7-16/h3-11H,12H2,1-2H3. The average Bonchev–Trinajstić information content (AvgIpc) is 3.25. The van der Waals surface area contributed by atoms with Crippen molar-refractivity contribution in [2.24, 2.45) is 0 Å². The van der Waals surface area contributed by atoms with E-state index in [1.807, 2.05) is 56.3 Å². The van der Waals surface area contributed by atoms with E-state index in [0.29, 0.717) is 0 Å². The molecule has 0 fully saturated rings. The fourth-order valence-corrected chi connectivity index (χ4v) is 3.81. The minimum Gasteiger partial charge on any atom is -0.361 e. The Hall–Kier alpha value is -2.93. The van der Waals surface area contributed by atoms with E-state index < -0.39 is 0 Å². The monoisotopic (exact) mass is 363 g/mol. The highest BCUT2D eigenvalue weighted by Crippen LogP contribution is 2.30. The molecule has 0 saturated carbocycles. The van der Waals surface area contributed by atoms with Crippen LogP contribution in [0.15, 0.2) is 64.5 Å². The molecule has 4 rings (SSSR count). The van der Waals surface area contributed by atoms with E-state index in [0.717, 1.165) is 45.0 Å². The summed E-state index contributed by atoms with van der Waals surface area (Å²) in [5.74, 6) is 2.36. The van der Waals surface area contributed by atoms with Crippen LogP contribution in [0.4, 0.5) is 0 Å². The number of thioether (sulfide) groups is 1. The smallest absolute Gasteiger partial charge is 0.196 e. The number of aryl methyl sites for hydroxylation is 2. The number of aromatic nitrogens is 5. The number of nitrogens with zero attached hydrogens (tertiary/aromatic N) is 5. The molecular weight excluding hydrogens is 346 g/mol. The van der Waals surface area contributed by atoms with E-state index in [9.17, 15) is 0 Å². The summed E-state index contributed by atoms with van der Waals surface area (Å²) in [6.45, 7) is 3.89. The van der Waals surface area contributed by atoms with Gasteiger partial charge in [-0.15, -0.1) is 10.2 Å². The fourth-order valence-electron chi connectivity index (χ4n) is 2.71. The van der Waals surface area contributed by atoms with E-state index in [-0.39, 0.29) is 0 Å². The van der Waals surface area contributed by atoms with Gasteiger partial charge in [0, 0.05) is 35.0 Å². The van der Waals surface area contributed by atoms with Gasteiger partial charge >= 0.3 is 0 Å². The summed E-state index contributed by atoms with van der Waals surface area (Å²) in [6.07, 6.45) is 3.52. The summed E-state index contributed by atoms with van der Waals surface area (Å²) < 4.78 is 7.33. The van der Waals surface area contributed by atoms with Crippen LogP contribution in [0.1, 0.15) is 17.0 Å². The Morgan fingerprint density at radius 1 is 1.00 bits per heavy atom. The largest absolute Gasteiger partial charge is 0.361 e. The predicted octanol–water partition coefficient (Wildman–Crippen LogP) is 4.23. The highest BCUT2D eigenvalue weighted by atomic mass is 32.2. The molecule has 130 valence electrons. The highest BCUT2D eigenvalue weighted by Gasteiger charge is 2.17. The van der Waals surface area contributed by atoms with Gasteiger partial charge in [-0.25, -0.2) is 0 Å². The molecule has 0 saturated heterocycles. The molecular formula is C19H17N5OS. The van der Waals surface area contributed by atoms with Crippen LogP contribution in [-0.4, -0.2) is 24.9 Å². The van der Waals surface area contributed by atoms with Crippen molar-refractivity contribution in [3.05, 3.63) is 71.9 Å². The number of para-hydroxylation sites is 1. The molecule has 3 aromatic heterocycles. The second-order valence-corrected chi connectivity index (χ2v) is 6.75. The molecule has 3 heterocycles. The van der Waals surface area contributed by atoms with E-state index in [2.05, 4.69) is 24.9 Å². The predicted molar refractivity (Wildman–Crippen MR) is 100 cm³/mol. The van der Waals surface area contributed by atoms with Gasteiger partial charge < -0.3 is 4.52 Å². The van der Waals surface area contributed by atoms with Gasteiger partial charge in [-0.3, -0.25) is 9.55 Å². The third-order valence-corrected chi connectivity index (χ3v) is 5.07. The Bertz CT molecular complexity index is 992. The second kappa shape index (κ2) is 7.13. The lowest BCUT2D eigenvalue weighted by molar-refractivity contribution is 0.392. The first kappa shape index (κ1) is 16.5. The molecule has 0 bridgehead atoms. The molecule has 0 amide bonds. The lowest BCUT2D eigenvalue weighted by atomic mass is 10.2. The third-order valence-electron chi connectivity index (χ3n) is 4.11. The van der Waals surface area contributed by atoms with Crippen LogP contribution in [0.25, 0.3) is 17.1 Å². The maximum Gasteiger partial charge on any atom is 0.196 e. The van der Waals surface area contributed by atoms with Crippen LogP contribution in [0.5, 0.6) is 0 Å². The SMILES string of the molecule is Cc1noc(C)c1CSc1nnc(-c2ccncc2)n1-c1ccccc1. The summed E-state index contributed by atoms with van der Waals surface area (Å²) in [7, 11) is 0. The molecule has 0 N–H and O–H groups in total. The highest BCUT2D eigenvalue weighted by molar-refractivity contribution is 7.98. The number of hydrogen-bond donors (Lipinski definition) is 0. The zero-order chi connectivity index (χ0) is 17.9. The first-order valence-corrected chi connectivity index (χ1v) is 9.18. The Morgan fingerprint density at radius 2 is 1.77 bits per heavy atom. The van der Waals surface area contributed by atoms with E-state index in [1.165, 1.54) is 0 Å². The van der Waals surface area contributed by atoms with Crippen LogP contribution >= 0.6 is 11.8 Å². The van der Waals surface area contributed by atoms with E-state index in [1.54, 1.807) is 24.2 Å². The topological polar surface area (TPSA) is 69.6 Å². The van der Waals surface area contributed by atoms with Crippen LogP contribution in [0, 0.1) is 13.8 Å². The van der Waals surface area contributed by atoms with Crippen molar-refractivity contribution >= 4 is 11.8 Å². The van der Waals surface area contributed by atoms with Crippen molar-refractivity contribution in [1.82, 2.24) is 24.9 Å². The Kier molecular flexibility index (Phi) is 4.53. The summed E-state index contributed by atoms with van der Waals surface area (Å²) in [4.78, 5) is 4.09. The van der Waals surface area contributed by atoms with Gasteiger partial charge in [0.25, 0.3) is 0 Å². The van der Waals surface area contributed by atoms with Crippen LogP contribution in [0.2, 0.25) is 0 Å². The van der Waals surface area contributed by atoms with Gasteiger partial charge in [0.1, 0.15) is 5.76 Å². The molecule has 0 unspecified atom stereocenters. The van der Waals surface area contributed by atoms with Gasteiger partial charge in [-0.1, -0.05) is 35.1 Å². The molecule has 0 aliphatic carbocycles. The van der Waals surface area contributed by atoms with Crippen molar-refractivity contribution in [1.29, 1.82) is 0 Å². The van der Waals surface area contributed by atoms with Crippen molar-refractivity contribution < 1.29 is 4.52 Å². The van der Waals surface area contributed by atoms with Gasteiger partial charge in [-0.05, 0) is 38.1 Å². The number of benzene rings is 1. The minimum absolute atomic E-state index is 0.725. The van der Waals surface area contributed by atoms with Gasteiger partial charge in [0.05, 0.1) is 5.69 Å². The fraction of sp³-hybridized carbons (Fsp3) is 0.158. The summed E-state index contributed by atoms with van der Waals surface area (Å²) in [6, 6.07) is 14.0. The zero-order valence-corrected chi connectivity index (χ0v) is 15.3. The first-order chi connectivity index (χ1) is 12.7. The Labute approximate surface area is 155 Å². The summed E-state index contributed by atoms with van der Waals surface area (Å²) in [5, 5.41) is 13.7. The second-order valence-electron chi connectivity index (χ2n) is 5.80. The van der Waals surface area contributed by atoms with Crippen LogP contribution < -0.4 is 0 Å². The van der Waals surface area contributed by atoms with E-state index in [4.69, 9.17) is 4.52 Å². The first-order valence-electron chi connectivity index (χ1n) is 8.20. The third kappa shape index (κ3) is 3.13. The average molecular weight is 363 g/mol. The molecule has 6 nitrogen and oxygen atoms in total. The van der Waals surface area contributed by atoms with Gasteiger partial charge in [0.2, 0.25) is 0 Å². The molecule has 4 aromatic rings. The van der Waals surface area contributed by atoms with Gasteiger partial charge in [-0.2, -0.15) is 0 Å². The van der Waals surface area contributed by atoms with Crippen molar-refractivity contribution in [2.75, 3.05) is 0 Å². The van der Waals surface area contributed by atoms with Gasteiger partial charge in [0.15, 0.2) is 11.0 Å². The van der Waals surface area contributed by atoms with E-state index >= 15 is 0 Å². The lowest BCUT2D eigenvalue weighted by Crippen LogP contribution is -2.00. The molecule has 0 radical (unpaired) electrons. The molecule has 1 aromatic carbocycles. The number of hydrogen-bond acceptors (Lipinski definition) is 6. The lowest BCUT2D eigenvalue weighted by Gasteiger charge is -2.10. The van der Waals surface area contributed by atoms with Crippen molar-refractivity contribution in [2.45, 2.75) is 24.8 Å². The van der Waals surface area contributed by atoms with Crippen molar-refractivity contribution in [3.63, 3.8) is 0 Å². The number of pyridine rings is 1. The summed E-state index contributed by atoms with van der Waals surface area (Å²) in [5.41, 5.74) is 4.00. The maximum atomic E-state index is 5.26. The molecule has 26 heavy (non-hydrogen) atoms. The molecule has 0 aliphatic heterocycles. The number of rotatable bonds is 5. The zero-order valence-electron chi connectivity index (χ0n) is 14.5. The maximum absolute atomic E-state index is 5.26. The normalized spacial score (nSPS) is 11.0. The Morgan fingerprint density at radius 3 is 2.46 bits per heavy atom. The minimum atomic E-state index is 0.725. The molecule has 0 aliphatic rings. The van der Waals surface area contributed by atoms with Crippen LogP contribution in [-0.2, 0) is 5.75 Å². The summed E-state index contributed by atoms with van der Waals surface area (Å²) >= 11 is 1.62. The van der Waals surface area contributed by atoms with Crippen molar-refractivity contribution in [3.8, 4) is 17.1 Å². The molecule has 0 spiro atoms. The Balaban J connectivity index is 1.74. The molecule has 0 atom stereocenters.